The van der Waals surface area contributed by atoms with Crippen molar-refractivity contribution in [2.45, 2.75) is 12.5 Å². The van der Waals surface area contributed by atoms with Gasteiger partial charge in [0.15, 0.2) is 0 Å². The van der Waals surface area contributed by atoms with Crippen LogP contribution in [0.1, 0.15) is 28.4 Å². The largest absolute Gasteiger partial charge is 0.363 e. The van der Waals surface area contributed by atoms with Gasteiger partial charge in [0.1, 0.15) is 13.3 Å². The van der Waals surface area contributed by atoms with Crippen LogP contribution in [0.2, 0.25) is 0 Å². The standard InChI is InChI=1S/C23H18N2O4/c26-21(24-15-25-22(27)11-12-23(25)28)14-29-20-13-18-7-2-1-5-16(18)9-10-17-6-3-4-8-19(17)20/h1-8,11-12,20H,13-15H2,(H,24,26). The summed E-state index contributed by atoms with van der Waals surface area (Å²) in [5.74, 6) is 5.10. The second-order valence-electron chi connectivity index (χ2n) is 6.69. The molecule has 29 heavy (non-hydrogen) atoms. The number of fused-ring (bicyclic) bond motifs is 2. The molecule has 0 saturated heterocycles. The van der Waals surface area contributed by atoms with Crippen LogP contribution >= 0.6 is 0 Å². The van der Waals surface area contributed by atoms with Crippen molar-refractivity contribution in [1.29, 1.82) is 0 Å². The molecule has 2 aromatic rings. The Balaban J connectivity index is 1.45. The van der Waals surface area contributed by atoms with Crippen molar-refractivity contribution in [1.82, 2.24) is 10.2 Å². The van der Waals surface area contributed by atoms with Gasteiger partial charge < -0.3 is 10.1 Å². The van der Waals surface area contributed by atoms with Crippen molar-refractivity contribution in [3.8, 4) is 11.8 Å². The van der Waals surface area contributed by atoms with Gasteiger partial charge in [-0.2, -0.15) is 0 Å². The predicted octanol–water partition coefficient (Wildman–Crippen LogP) is 1.70. The average Bonchev–Trinajstić information content (AvgIpc) is 3.05. The van der Waals surface area contributed by atoms with E-state index in [4.69, 9.17) is 4.74 Å². The first-order valence-electron chi connectivity index (χ1n) is 9.22. The van der Waals surface area contributed by atoms with Gasteiger partial charge in [0.25, 0.3) is 11.8 Å². The molecule has 1 heterocycles. The Morgan fingerprint density at radius 1 is 1.00 bits per heavy atom. The number of carbonyl (C=O) groups is 3. The number of hydrogen-bond acceptors (Lipinski definition) is 4. The molecule has 0 saturated carbocycles. The quantitative estimate of drug-likeness (QED) is 0.627. The fourth-order valence-corrected chi connectivity index (χ4v) is 3.29. The van der Waals surface area contributed by atoms with E-state index in [9.17, 15) is 14.4 Å². The summed E-state index contributed by atoms with van der Waals surface area (Å²) in [6.45, 7) is -0.374. The Hall–Kier alpha value is -3.69. The normalized spacial score (nSPS) is 17.0. The van der Waals surface area contributed by atoms with E-state index in [1.807, 2.05) is 48.5 Å². The van der Waals surface area contributed by atoms with E-state index in [2.05, 4.69) is 17.2 Å². The Morgan fingerprint density at radius 3 is 2.45 bits per heavy atom. The molecule has 3 amide bonds. The number of carbonyl (C=O) groups excluding carboxylic acids is 3. The predicted molar refractivity (Wildman–Crippen MR) is 105 cm³/mol. The molecular formula is C23H18N2O4. The van der Waals surface area contributed by atoms with Crippen molar-refractivity contribution >= 4 is 17.7 Å². The van der Waals surface area contributed by atoms with E-state index in [1.54, 1.807) is 0 Å². The summed E-state index contributed by atoms with van der Waals surface area (Å²) in [4.78, 5) is 36.3. The van der Waals surface area contributed by atoms with Gasteiger partial charge in [-0.05, 0) is 23.3 Å². The van der Waals surface area contributed by atoms with Gasteiger partial charge >= 0.3 is 0 Å². The fraction of sp³-hybridized carbons (Fsp3) is 0.174. The molecule has 1 N–H and O–H groups in total. The molecule has 2 aromatic carbocycles. The third-order valence-electron chi connectivity index (χ3n) is 4.81. The van der Waals surface area contributed by atoms with Crippen LogP contribution in [0.15, 0.2) is 60.7 Å². The Morgan fingerprint density at radius 2 is 1.66 bits per heavy atom. The highest BCUT2D eigenvalue weighted by atomic mass is 16.5. The summed E-state index contributed by atoms with van der Waals surface area (Å²) in [6.07, 6.45) is 2.59. The number of imide groups is 1. The minimum atomic E-state index is -0.444. The highest BCUT2D eigenvalue weighted by Gasteiger charge is 2.24. The van der Waals surface area contributed by atoms with E-state index >= 15 is 0 Å². The summed E-state index contributed by atoms with van der Waals surface area (Å²) in [7, 11) is 0. The van der Waals surface area contributed by atoms with Crippen LogP contribution in [-0.4, -0.2) is 35.9 Å². The maximum absolute atomic E-state index is 12.2. The molecule has 0 aromatic heterocycles. The Bertz CT molecular complexity index is 1060. The number of hydrogen-bond donors (Lipinski definition) is 1. The second kappa shape index (κ2) is 8.13. The smallest absolute Gasteiger partial charge is 0.255 e. The molecular weight excluding hydrogens is 368 g/mol. The van der Waals surface area contributed by atoms with Crippen molar-refractivity contribution < 1.29 is 19.1 Å². The van der Waals surface area contributed by atoms with Crippen LogP contribution in [0.3, 0.4) is 0 Å². The first-order chi connectivity index (χ1) is 14.1. The molecule has 1 aliphatic carbocycles. The molecule has 0 fully saturated rings. The fourth-order valence-electron chi connectivity index (χ4n) is 3.29. The molecule has 6 nitrogen and oxygen atoms in total. The van der Waals surface area contributed by atoms with E-state index in [1.165, 1.54) is 12.2 Å². The topological polar surface area (TPSA) is 75.7 Å². The van der Waals surface area contributed by atoms with Crippen molar-refractivity contribution in [3.63, 3.8) is 0 Å². The maximum Gasteiger partial charge on any atom is 0.255 e. The lowest BCUT2D eigenvalue weighted by Crippen LogP contribution is -2.42. The van der Waals surface area contributed by atoms with E-state index in [0.717, 1.165) is 27.2 Å². The minimum Gasteiger partial charge on any atom is -0.363 e. The molecule has 6 heteroatoms. The van der Waals surface area contributed by atoms with Crippen molar-refractivity contribution in [2.75, 3.05) is 13.3 Å². The van der Waals surface area contributed by atoms with Gasteiger partial charge in [-0.25, -0.2) is 0 Å². The highest BCUT2D eigenvalue weighted by molar-refractivity contribution is 6.12. The molecule has 0 radical (unpaired) electrons. The SMILES string of the molecule is O=C(COC1Cc2ccccc2C#Cc2ccccc21)NCN1C(=O)C=CC1=O. The summed E-state index contributed by atoms with van der Waals surface area (Å²) in [5, 5.41) is 2.55. The number of benzene rings is 2. The Labute approximate surface area is 168 Å². The van der Waals surface area contributed by atoms with Crippen LogP contribution in [0.25, 0.3) is 0 Å². The number of nitrogens with zero attached hydrogens (tertiary/aromatic N) is 1. The van der Waals surface area contributed by atoms with Crippen LogP contribution < -0.4 is 5.32 Å². The lowest BCUT2D eigenvalue weighted by molar-refractivity contribution is -0.138. The van der Waals surface area contributed by atoms with Crippen LogP contribution in [0, 0.1) is 11.8 Å². The van der Waals surface area contributed by atoms with Crippen LogP contribution in [0.5, 0.6) is 0 Å². The molecule has 0 spiro atoms. The zero-order chi connectivity index (χ0) is 20.2. The molecule has 2 aliphatic rings. The third-order valence-corrected chi connectivity index (χ3v) is 4.81. The summed E-state index contributed by atoms with van der Waals surface area (Å²) in [5.41, 5.74) is 3.79. The van der Waals surface area contributed by atoms with Crippen molar-refractivity contribution in [2.24, 2.45) is 0 Å². The van der Waals surface area contributed by atoms with Gasteiger partial charge in [-0.1, -0.05) is 48.2 Å². The minimum absolute atomic E-state index is 0.178. The summed E-state index contributed by atoms with van der Waals surface area (Å²) in [6, 6.07) is 15.6. The zero-order valence-electron chi connectivity index (χ0n) is 15.6. The van der Waals surface area contributed by atoms with Gasteiger partial charge in [-0.15, -0.1) is 0 Å². The molecule has 1 atom stereocenters. The highest BCUT2D eigenvalue weighted by Crippen LogP contribution is 2.28. The zero-order valence-corrected chi connectivity index (χ0v) is 15.6. The lowest BCUT2D eigenvalue weighted by atomic mass is 9.92. The monoisotopic (exact) mass is 386 g/mol. The van der Waals surface area contributed by atoms with Gasteiger partial charge in [0, 0.05) is 29.7 Å². The average molecular weight is 386 g/mol. The van der Waals surface area contributed by atoms with Crippen LogP contribution in [0.4, 0.5) is 0 Å². The number of amides is 3. The molecule has 0 bridgehead atoms. The maximum atomic E-state index is 12.2. The molecule has 1 unspecified atom stereocenters. The number of ether oxygens (including phenoxy) is 1. The Kier molecular flexibility index (Phi) is 5.23. The van der Waals surface area contributed by atoms with Gasteiger partial charge in [0.05, 0.1) is 6.10 Å². The van der Waals surface area contributed by atoms with E-state index in [-0.39, 0.29) is 19.4 Å². The lowest BCUT2D eigenvalue weighted by Gasteiger charge is -2.22. The summed E-state index contributed by atoms with van der Waals surface area (Å²) >= 11 is 0. The molecule has 1 aliphatic heterocycles. The van der Waals surface area contributed by atoms with E-state index < -0.39 is 17.7 Å². The van der Waals surface area contributed by atoms with E-state index in [0.29, 0.717) is 6.42 Å². The first-order valence-corrected chi connectivity index (χ1v) is 9.22. The second-order valence-corrected chi connectivity index (χ2v) is 6.69. The van der Waals surface area contributed by atoms with Gasteiger partial charge in [0.2, 0.25) is 5.91 Å². The number of nitrogens with one attached hydrogen (secondary N) is 1. The first kappa shape index (κ1) is 18.7. The molecule has 144 valence electrons. The number of rotatable bonds is 5. The van der Waals surface area contributed by atoms with Crippen molar-refractivity contribution in [3.05, 3.63) is 82.9 Å². The van der Waals surface area contributed by atoms with Gasteiger partial charge in [-0.3, -0.25) is 19.3 Å². The summed E-state index contributed by atoms with van der Waals surface area (Å²) < 4.78 is 5.95. The molecule has 4 rings (SSSR count). The van der Waals surface area contributed by atoms with Crippen LogP contribution in [-0.2, 0) is 25.5 Å². The third kappa shape index (κ3) is 4.10.